The predicted molar refractivity (Wildman–Crippen MR) is 290 cm³/mol. The van der Waals surface area contributed by atoms with Gasteiger partial charge < -0.3 is 33.9 Å². The van der Waals surface area contributed by atoms with Crippen molar-refractivity contribution in [3.05, 3.63) is 137 Å². The monoisotopic (exact) mass is 1100 g/mol. The standard InChI is InChI=1S/C58H57F3N8O11/c59-58(60,61)45-33-42(68-51(71)14-8-40-35-64-46-10-7-39(32-44(46)54(40)68)38-6-5-37-15-16-62-34-41(37)31-38)9-11-48(45)67-21-19-66(20-22-67)18-2-23-76-25-26-78-29-30-80-52(72)36-79-28-27-77-24-17-63-47-4-1-3-43-53(47)57(75)69(56(43)74)49-12-13-50(70)65-55(49)73/h1,3-11,14-16,31-35,49,63H,2,12-13,17-30,36H2,(H,65,70,73). The molecule has 3 aliphatic rings. The topological polar surface area (TPSA) is 213 Å². The number of carbonyl (C=O) groups excluding carboxylic acids is 5. The van der Waals surface area contributed by atoms with Crippen molar-refractivity contribution >= 4 is 73.6 Å². The number of carbonyl (C=O) groups is 5. The molecule has 7 aromatic rings. The second-order valence-electron chi connectivity index (χ2n) is 19.3. The molecule has 1 unspecified atom stereocenters. The summed E-state index contributed by atoms with van der Waals surface area (Å²) in [6.07, 6.45) is 1.25. The van der Waals surface area contributed by atoms with Crippen LogP contribution in [0.1, 0.15) is 45.5 Å². The number of benzene rings is 4. The number of nitrogens with zero attached hydrogens (tertiary/aromatic N) is 6. The Labute approximate surface area is 456 Å². The molecule has 0 bridgehead atoms. The number of aromatic nitrogens is 3. The molecule has 0 saturated carbocycles. The number of ether oxygens (including phenoxy) is 5. The zero-order valence-electron chi connectivity index (χ0n) is 43.5. The number of piperazine rings is 1. The number of anilines is 2. The van der Waals surface area contributed by atoms with E-state index in [1.54, 1.807) is 47.8 Å². The normalized spacial score (nSPS) is 16.0. The molecular weight excluding hydrogens is 1040 g/mol. The van der Waals surface area contributed by atoms with E-state index in [2.05, 4.69) is 25.5 Å². The van der Waals surface area contributed by atoms with E-state index in [1.165, 1.54) is 22.8 Å². The molecule has 80 heavy (non-hydrogen) atoms. The van der Waals surface area contributed by atoms with Crippen LogP contribution in [0.3, 0.4) is 0 Å². The number of hydrogen-bond acceptors (Lipinski definition) is 16. The number of hydrogen-bond donors (Lipinski definition) is 2. The summed E-state index contributed by atoms with van der Waals surface area (Å²) < 4.78 is 73.5. The summed E-state index contributed by atoms with van der Waals surface area (Å²) >= 11 is 0. The third-order valence-electron chi connectivity index (χ3n) is 14.2. The average molecular weight is 1100 g/mol. The molecule has 19 nitrogen and oxygen atoms in total. The lowest BCUT2D eigenvalue weighted by Gasteiger charge is -2.37. The Hall–Kier alpha value is -8.15. The fraction of sp³-hybridized carbons (Fsp3) is 0.345. The molecule has 2 saturated heterocycles. The number of alkyl halides is 3. The van der Waals surface area contributed by atoms with E-state index in [9.17, 15) is 41.9 Å². The first-order chi connectivity index (χ1) is 38.8. The molecule has 416 valence electrons. The minimum absolute atomic E-state index is 0.0272. The Balaban J connectivity index is 0.600. The molecule has 2 N–H and O–H groups in total. The molecule has 0 aliphatic carbocycles. The minimum Gasteiger partial charge on any atom is -0.462 e. The van der Waals surface area contributed by atoms with E-state index in [1.807, 2.05) is 42.5 Å². The maximum absolute atomic E-state index is 15.0. The minimum atomic E-state index is -4.70. The molecule has 3 aromatic heterocycles. The molecule has 4 amide bonds. The van der Waals surface area contributed by atoms with Gasteiger partial charge in [0.05, 0.1) is 73.1 Å². The summed E-state index contributed by atoms with van der Waals surface area (Å²) in [5.74, 6) is -2.90. The molecule has 0 spiro atoms. The van der Waals surface area contributed by atoms with E-state index in [0.717, 1.165) is 32.9 Å². The van der Waals surface area contributed by atoms with Gasteiger partial charge in [-0.25, -0.2) is 4.79 Å². The fourth-order valence-electron chi connectivity index (χ4n) is 10.3. The summed E-state index contributed by atoms with van der Waals surface area (Å²) in [7, 11) is 0. The number of pyridine rings is 3. The van der Waals surface area contributed by atoms with Gasteiger partial charge in [-0.2, -0.15) is 13.2 Å². The molecule has 4 aromatic carbocycles. The third kappa shape index (κ3) is 12.5. The number of halogens is 3. The van der Waals surface area contributed by atoms with E-state index >= 15 is 0 Å². The zero-order valence-corrected chi connectivity index (χ0v) is 43.5. The van der Waals surface area contributed by atoms with Crippen LogP contribution < -0.4 is 21.1 Å². The summed E-state index contributed by atoms with van der Waals surface area (Å²) in [4.78, 5) is 89.7. The van der Waals surface area contributed by atoms with Crippen molar-refractivity contribution in [1.29, 1.82) is 0 Å². The Morgan fingerprint density at radius 1 is 0.725 bits per heavy atom. The lowest BCUT2D eigenvalue weighted by atomic mass is 9.99. The highest BCUT2D eigenvalue weighted by molar-refractivity contribution is 6.25. The first-order valence-corrected chi connectivity index (χ1v) is 26.3. The van der Waals surface area contributed by atoms with Crippen LogP contribution in [-0.4, -0.2) is 159 Å². The van der Waals surface area contributed by atoms with Crippen molar-refractivity contribution in [2.75, 3.05) is 109 Å². The smallest absolute Gasteiger partial charge is 0.418 e. The SMILES string of the molecule is O=C1CCC(N2C(=O)c3cccc(NCCOCCOCC(=O)OCCOCCOCCCN4CCN(c5ccc(-n6c(=O)ccc7cnc8ccc(-c9ccc%10ccncc%10c9)cc8c76)cc5C(F)(F)F)CC4)c3C2=O)C(=O)N1. The van der Waals surface area contributed by atoms with Gasteiger partial charge in [0.1, 0.15) is 19.3 Å². The van der Waals surface area contributed by atoms with Gasteiger partial charge in [0, 0.05) is 104 Å². The molecule has 3 aliphatic heterocycles. The third-order valence-corrected chi connectivity index (χ3v) is 14.2. The molecule has 1 atom stereocenters. The molecule has 6 heterocycles. The molecule has 22 heteroatoms. The van der Waals surface area contributed by atoms with Gasteiger partial charge in [0.15, 0.2) is 0 Å². The summed E-state index contributed by atoms with van der Waals surface area (Å²) in [6.45, 7) is 4.36. The molecule has 0 radical (unpaired) electrons. The van der Waals surface area contributed by atoms with Gasteiger partial charge in [0.2, 0.25) is 11.8 Å². The highest BCUT2D eigenvalue weighted by atomic mass is 19.4. The second-order valence-corrected chi connectivity index (χ2v) is 19.3. The van der Waals surface area contributed by atoms with Crippen molar-refractivity contribution < 1.29 is 60.8 Å². The average Bonchev–Trinajstić information content (AvgIpc) is 3.85. The van der Waals surface area contributed by atoms with Crippen LogP contribution in [0.2, 0.25) is 0 Å². The van der Waals surface area contributed by atoms with Crippen molar-refractivity contribution in [3.63, 3.8) is 0 Å². The van der Waals surface area contributed by atoms with E-state index in [4.69, 9.17) is 23.7 Å². The van der Waals surface area contributed by atoms with Gasteiger partial charge in [-0.15, -0.1) is 0 Å². The number of esters is 1. The van der Waals surface area contributed by atoms with Crippen molar-refractivity contribution in [2.45, 2.75) is 31.5 Å². The maximum Gasteiger partial charge on any atom is 0.418 e. The molecule has 10 rings (SSSR count). The lowest BCUT2D eigenvalue weighted by Crippen LogP contribution is -2.54. The van der Waals surface area contributed by atoms with Crippen molar-refractivity contribution in [2.24, 2.45) is 0 Å². The van der Waals surface area contributed by atoms with Crippen LogP contribution in [0.4, 0.5) is 24.5 Å². The van der Waals surface area contributed by atoms with Gasteiger partial charge in [-0.1, -0.05) is 24.3 Å². The number of nitrogens with one attached hydrogen (secondary N) is 2. The van der Waals surface area contributed by atoms with Crippen LogP contribution in [0, 0.1) is 0 Å². The van der Waals surface area contributed by atoms with Crippen molar-refractivity contribution in [1.82, 2.24) is 29.7 Å². The van der Waals surface area contributed by atoms with Gasteiger partial charge in [0.25, 0.3) is 17.4 Å². The zero-order chi connectivity index (χ0) is 55.8. The van der Waals surface area contributed by atoms with Gasteiger partial charge >= 0.3 is 12.1 Å². The van der Waals surface area contributed by atoms with E-state index < -0.39 is 52.9 Å². The summed E-state index contributed by atoms with van der Waals surface area (Å²) in [6, 6.07) is 24.5. The highest BCUT2D eigenvalue weighted by Gasteiger charge is 2.45. The first-order valence-electron chi connectivity index (χ1n) is 26.3. The second kappa shape index (κ2) is 24.9. The van der Waals surface area contributed by atoms with Crippen LogP contribution in [0.25, 0.3) is 49.4 Å². The number of piperidine rings is 1. The molecule has 2 fully saturated rings. The van der Waals surface area contributed by atoms with E-state index in [0.29, 0.717) is 79.9 Å². The van der Waals surface area contributed by atoms with Gasteiger partial charge in [-0.3, -0.25) is 53.6 Å². The number of rotatable bonds is 23. The quantitative estimate of drug-likeness (QED) is 0.0307. The van der Waals surface area contributed by atoms with Crippen LogP contribution in [-0.2, 0) is 44.2 Å². The first kappa shape index (κ1) is 55.2. The fourth-order valence-corrected chi connectivity index (χ4v) is 10.3. The Kier molecular flexibility index (Phi) is 17.2. The number of fused-ring (bicyclic) bond motifs is 5. The van der Waals surface area contributed by atoms with Crippen molar-refractivity contribution in [3.8, 4) is 16.8 Å². The highest BCUT2D eigenvalue weighted by Crippen LogP contribution is 2.40. The van der Waals surface area contributed by atoms with E-state index in [-0.39, 0.29) is 88.1 Å². The largest absolute Gasteiger partial charge is 0.462 e. The van der Waals surface area contributed by atoms with Crippen LogP contribution in [0.15, 0.2) is 114 Å². The Morgan fingerprint density at radius 2 is 1.48 bits per heavy atom. The van der Waals surface area contributed by atoms with Gasteiger partial charge in [-0.05, 0) is 90.0 Å². The van der Waals surface area contributed by atoms with Crippen LogP contribution >= 0.6 is 0 Å². The number of imide groups is 2. The predicted octanol–water partition coefficient (Wildman–Crippen LogP) is 6.41. The maximum atomic E-state index is 15.0. The summed E-state index contributed by atoms with van der Waals surface area (Å²) in [5, 5.41) is 8.50. The lowest BCUT2D eigenvalue weighted by molar-refractivity contribution is -0.151. The molecular formula is C58H57F3N8O11. The Bertz CT molecular complexity index is 3530. The Morgan fingerprint density at radius 3 is 2.29 bits per heavy atom. The summed E-state index contributed by atoms with van der Waals surface area (Å²) in [5.41, 5.74) is 2.44. The van der Waals surface area contributed by atoms with Crippen LogP contribution in [0.5, 0.6) is 0 Å². The number of amides is 4.